The smallest absolute Gasteiger partial charge is 0.231 e. The van der Waals surface area contributed by atoms with Gasteiger partial charge >= 0.3 is 0 Å². The second kappa shape index (κ2) is 8.90. The number of ether oxygens (including phenoxy) is 2. The zero-order valence-corrected chi connectivity index (χ0v) is 17.6. The number of carbonyl (C=O) groups excluding carboxylic acids is 1. The van der Waals surface area contributed by atoms with Crippen LogP contribution in [0.2, 0.25) is 0 Å². The Morgan fingerprint density at radius 1 is 1.03 bits per heavy atom. The molecule has 0 atom stereocenters. The van der Waals surface area contributed by atoms with Crippen LogP contribution in [-0.4, -0.2) is 60.0 Å². The molecule has 0 amide bonds. The van der Waals surface area contributed by atoms with E-state index in [0.717, 1.165) is 44.0 Å². The highest BCUT2D eigenvalue weighted by Crippen LogP contribution is 2.40. The number of ketones is 1. The number of Topliss-reactive ketones (excluding diaryl/α,β-unsaturated/α-hetero) is 1. The Balaban J connectivity index is 1.54. The number of fused-ring (bicyclic) bond motifs is 1. The molecule has 6 nitrogen and oxygen atoms in total. The molecular weight excluding hydrogens is 380 g/mol. The van der Waals surface area contributed by atoms with E-state index in [1.165, 1.54) is 0 Å². The van der Waals surface area contributed by atoms with E-state index in [4.69, 9.17) is 9.47 Å². The van der Waals surface area contributed by atoms with Crippen LogP contribution in [0.25, 0.3) is 6.08 Å². The van der Waals surface area contributed by atoms with Gasteiger partial charge in [-0.2, -0.15) is 0 Å². The lowest BCUT2D eigenvalue weighted by Gasteiger charge is -2.34. The maximum atomic E-state index is 12.9. The van der Waals surface area contributed by atoms with Crippen molar-refractivity contribution in [3.8, 4) is 17.2 Å². The van der Waals surface area contributed by atoms with E-state index in [0.29, 0.717) is 30.0 Å². The Kier molecular flexibility index (Phi) is 6.06. The van der Waals surface area contributed by atoms with Crippen LogP contribution in [0.5, 0.6) is 17.2 Å². The average Bonchev–Trinajstić information content (AvgIpc) is 3.08. The van der Waals surface area contributed by atoms with Crippen molar-refractivity contribution in [1.82, 2.24) is 9.80 Å². The first-order valence-electron chi connectivity index (χ1n) is 10.6. The second-order valence-electron chi connectivity index (χ2n) is 7.59. The van der Waals surface area contributed by atoms with Gasteiger partial charge in [-0.05, 0) is 49.4 Å². The second-order valence-corrected chi connectivity index (χ2v) is 7.59. The Hall–Kier alpha value is -2.83. The summed E-state index contributed by atoms with van der Waals surface area (Å²) >= 11 is 0. The summed E-state index contributed by atoms with van der Waals surface area (Å²) in [6, 6.07) is 10.8. The normalized spacial score (nSPS) is 18.5. The monoisotopic (exact) mass is 408 g/mol. The van der Waals surface area contributed by atoms with E-state index in [2.05, 4.69) is 16.7 Å². The van der Waals surface area contributed by atoms with Gasteiger partial charge < -0.3 is 19.5 Å². The molecule has 158 valence electrons. The molecule has 0 aromatic heterocycles. The van der Waals surface area contributed by atoms with Crippen LogP contribution < -0.4 is 9.47 Å². The lowest BCUT2D eigenvalue weighted by Crippen LogP contribution is -2.45. The molecule has 1 fully saturated rings. The highest BCUT2D eigenvalue weighted by molar-refractivity contribution is 6.15. The summed E-state index contributed by atoms with van der Waals surface area (Å²) < 4.78 is 11.4. The quantitative estimate of drug-likeness (QED) is 0.738. The van der Waals surface area contributed by atoms with Gasteiger partial charge in [-0.3, -0.25) is 9.69 Å². The Morgan fingerprint density at radius 2 is 1.73 bits per heavy atom. The topological polar surface area (TPSA) is 62.2 Å². The number of aromatic hydroxyl groups is 1. The Labute approximate surface area is 177 Å². The van der Waals surface area contributed by atoms with Gasteiger partial charge in [0, 0.05) is 32.7 Å². The molecule has 0 unspecified atom stereocenters. The standard InChI is InChI=1S/C24H28N2O4/c1-3-25-11-13-26(14-12-25)16-20-21(27)10-9-19-23(28)22(30-24(19)20)15-17-5-7-18(8-6-17)29-4-2/h5-10,15,27H,3-4,11-14,16H2,1-2H3. The number of phenols is 1. The van der Waals surface area contributed by atoms with Gasteiger partial charge in [-0.25, -0.2) is 0 Å². The van der Waals surface area contributed by atoms with Crippen molar-refractivity contribution in [2.24, 2.45) is 0 Å². The molecule has 6 heteroatoms. The molecule has 2 aromatic carbocycles. The fourth-order valence-electron chi connectivity index (χ4n) is 3.92. The first-order chi connectivity index (χ1) is 14.6. The number of hydrogen-bond donors (Lipinski definition) is 1. The molecule has 0 bridgehead atoms. The van der Waals surface area contributed by atoms with E-state index in [9.17, 15) is 9.90 Å². The van der Waals surface area contributed by atoms with E-state index in [-0.39, 0.29) is 17.3 Å². The molecule has 0 radical (unpaired) electrons. The van der Waals surface area contributed by atoms with Crippen LogP contribution in [-0.2, 0) is 6.54 Å². The molecule has 2 aromatic rings. The molecule has 2 heterocycles. The van der Waals surface area contributed by atoms with Gasteiger partial charge in [0.2, 0.25) is 5.78 Å². The molecule has 30 heavy (non-hydrogen) atoms. The number of likely N-dealkylation sites (N-methyl/N-ethyl adjacent to an activating group) is 1. The highest BCUT2D eigenvalue weighted by atomic mass is 16.5. The van der Waals surface area contributed by atoms with Crippen molar-refractivity contribution in [3.63, 3.8) is 0 Å². The van der Waals surface area contributed by atoms with Crippen molar-refractivity contribution in [1.29, 1.82) is 0 Å². The maximum absolute atomic E-state index is 12.9. The number of rotatable bonds is 6. The van der Waals surface area contributed by atoms with Crippen molar-refractivity contribution in [2.45, 2.75) is 20.4 Å². The van der Waals surface area contributed by atoms with E-state index in [1.807, 2.05) is 31.2 Å². The zero-order chi connectivity index (χ0) is 21.1. The first kappa shape index (κ1) is 20.4. The molecule has 0 aliphatic carbocycles. The van der Waals surface area contributed by atoms with Gasteiger partial charge in [0.1, 0.15) is 17.2 Å². The number of allylic oxidation sites excluding steroid dienone is 1. The molecular formula is C24H28N2O4. The van der Waals surface area contributed by atoms with Crippen LogP contribution in [0, 0.1) is 0 Å². The minimum absolute atomic E-state index is 0.157. The van der Waals surface area contributed by atoms with Gasteiger partial charge in [0.05, 0.1) is 17.7 Å². The Morgan fingerprint density at radius 3 is 2.40 bits per heavy atom. The molecule has 1 N–H and O–H groups in total. The van der Waals surface area contributed by atoms with Crippen LogP contribution in [0.1, 0.15) is 35.3 Å². The minimum Gasteiger partial charge on any atom is -0.507 e. The summed E-state index contributed by atoms with van der Waals surface area (Å²) in [5, 5.41) is 10.5. The molecule has 2 aliphatic rings. The number of benzene rings is 2. The largest absolute Gasteiger partial charge is 0.507 e. The van der Waals surface area contributed by atoms with Gasteiger partial charge in [0.25, 0.3) is 0 Å². The number of carbonyl (C=O) groups is 1. The Bertz CT molecular complexity index is 944. The summed E-state index contributed by atoms with van der Waals surface area (Å²) in [6.07, 6.45) is 1.74. The first-order valence-corrected chi connectivity index (χ1v) is 10.6. The number of piperazine rings is 1. The minimum atomic E-state index is -0.157. The van der Waals surface area contributed by atoms with Crippen molar-refractivity contribution < 1.29 is 19.4 Å². The van der Waals surface area contributed by atoms with Gasteiger partial charge in [-0.1, -0.05) is 19.1 Å². The van der Waals surface area contributed by atoms with Gasteiger partial charge in [0.15, 0.2) is 5.76 Å². The van der Waals surface area contributed by atoms with E-state index < -0.39 is 0 Å². The molecule has 0 spiro atoms. The van der Waals surface area contributed by atoms with Crippen LogP contribution >= 0.6 is 0 Å². The van der Waals surface area contributed by atoms with Gasteiger partial charge in [-0.15, -0.1) is 0 Å². The van der Waals surface area contributed by atoms with Crippen molar-refractivity contribution in [2.75, 3.05) is 39.3 Å². The van der Waals surface area contributed by atoms with Crippen molar-refractivity contribution in [3.05, 3.63) is 58.8 Å². The third-order valence-corrected chi connectivity index (χ3v) is 5.70. The summed E-state index contributed by atoms with van der Waals surface area (Å²) in [6.45, 7) is 10.2. The molecule has 4 rings (SSSR count). The molecule has 1 saturated heterocycles. The number of hydrogen-bond acceptors (Lipinski definition) is 6. The van der Waals surface area contributed by atoms with Crippen molar-refractivity contribution >= 4 is 11.9 Å². The third kappa shape index (κ3) is 4.20. The predicted molar refractivity (Wildman–Crippen MR) is 116 cm³/mol. The van der Waals surface area contributed by atoms with E-state index >= 15 is 0 Å². The molecule has 0 saturated carbocycles. The lowest BCUT2D eigenvalue weighted by atomic mass is 10.0. The summed E-state index contributed by atoms with van der Waals surface area (Å²) in [5.41, 5.74) is 2.05. The van der Waals surface area contributed by atoms with Crippen LogP contribution in [0.3, 0.4) is 0 Å². The number of phenolic OH excluding ortho intramolecular Hbond substituents is 1. The lowest BCUT2D eigenvalue weighted by molar-refractivity contribution is 0.101. The summed E-state index contributed by atoms with van der Waals surface area (Å²) in [4.78, 5) is 17.6. The van der Waals surface area contributed by atoms with Crippen LogP contribution in [0.4, 0.5) is 0 Å². The predicted octanol–water partition coefficient (Wildman–Crippen LogP) is 3.54. The zero-order valence-electron chi connectivity index (χ0n) is 17.6. The maximum Gasteiger partial charge on any atom is 0.231 e. The fraction of sp³-hybridized carbons (Fsp3) is 0.375. The van der Waals surface area contributed by atoms with Crippen LogP contribution in [0.15, 0.2) is 42.2 Å². The fourth-order valence-corrected chi connectivity index (χ4v) is 3.92. The summed E-state index contributed by atoms with van der Waals surface area (Å²) in [5.74, 6) is 1.56. The average molecular weight is 408 g/mol. The SMILES string of the molecule is CCOc1ccc(C=C2Oc3c(ccc(O)c3CN3CCN(CC)CC3)C2=O)cc1. The summed E-state index contributed by atoms with van der Waals surface area (Å²) in [7, 11) is 0. The molecule has 2 aliphatic heterocycles. The number of nitrogens with zero attached hydrogens (tertiary/aromatic N) is 2. The highest BCUT2D eigenvalue weighted by Gasteiger charge is 2.32. The van der Waals surface area contributed by atoms with E-state index in [1.54, 1.807) is 18.2 Å². The third-order valence-electron chi connectivity index (χ3n) is 5.70.